The Hall–Kier alpha value is -1.86. The van der Waals surface area contributed by atoms with E-state index in [0.717, 1.165) is 11.1 Å². The fraction of sp³-hybridized carbons (Fsp3) is 0.0625. The third-order valence-corrected chi connectivity index (χ3v) is 3.02. The molecule has 0 bridgehead atoms. The summed E-state index contributed by atoms with van der Waals surface area (Å²) in [5, 5.41) is -0.470. The predicted octanol–water partition coefficient (Wildman–Crippen LogP) is 4.22. The van der Waals surface area contributed by atoms with Crippen LogP contribution in [0, 0.1) is 0 Å². The number of hydrogen-bond donors (Lipinski definition) is 0. The molecule has 0 saturated heterocycles. The van der Waals surface area contributed by atoms with Gasteiger partial charge < -0.3 is 0 Å². The summed E-state index contributed by atoms with van der Waals surface area (Å²) >= 11 is 5.37. The highest BCUT2D eigenvalue weighted by atomic mass is 35.5. The van der Waals surface area contributed by atoms with Crippen LogP contribution in [0.2, 0.25) is 0 Å². The molecule has 2 aromatic rings. The maximum Gasteiger partial charge on any atom is 0.248 e. The second kappa shape index (κ2) is 5.65. The summed E-state index contributed by atoms with van der Waals surface area (Å²) in [6, 6.07) is 18.2. The summed E-state index contributed by atoms with van der Waals surface area (Å²) in [6.07, 6.45) is 0.497. The van der Waals surface area contributed by atoms with Crippen LogP contribution in [0.25, 0.3) is 11.1 Å². The van der Waals surface area contributed by atoms with Gasteiger partial charge in [-0.05, 0) is 28.3 Å². The fourth-order valence-corrected chi connectivity index (χ4v) is 1.83. The van der Waals surface area contributed by atoms with E-state index in [4.69, 9.17) is 11.6 Å². The summed E-state index contributed by atoms with van der Waals surface area (Å²) in [6.45, 7) is 3.65. The van der Waals surface area contributed by atoms with Crippen LogP contribution in [-0.2, 0) is 11.2 Å². The largest absolute Gasteiger partial charge is 0.276 e. The van der Waals surface area contributed by atoms with Gasteiger partial charge in [-0.15, -0.1) is 0 Å². The molecule has 18 heavy (non-hydrogen) atoms. The van der Waals surface area contributed by atoms with Gasteiger partial charge >= 0.3 is 0 Å². The highest BCUT2D eigenvalue weighted by molar-refractivity contribution is 6.67. The van der Waals surface area contributed by atoms with Gasteiger partial charge in [0.15, 0.2) is 0 Å². The first kappa shape index (κ1) is 12.6. The number of benzene rings is 2. The quantitative estimate of drug-likeness (QED) is 0.591. The lowest BCUT2D eigenvalue weighted by Crippen LogP contribution is -1.96. The molecule has 0 amide bonds. The zero-order valence-electron chi connectivity index (χ0n) is 9.90. The van der Waals surface area contributed by atoms with Crippen LogP contribution >= 0.6 is 11.6 Å². The molecule has 90 valence electrons. The van der Waals surface area contributed by atoms with Gasteiger partial charge in [-0.25, -0.2) is 0 Å². The van der Waals surface area contributed by atoms with Crippen molar-refractivity contribution in [1.29, 1.82) is 0 Å². The number of carbonyl (C=O) groups excluding carboxylic acids is 1. The molecular formula is C16H13ClO. The average molecular weight is 257 g/mol. The first-order valence-electron chi connectivity index (χ1n) is 5.69. The van der Waals surface area contributed by atoms with Crippen LogP contribution in [0.4, 0.5) is 0 Å². The SMILES string of the molecule is C=C(Cc1ccc(-c2ccccc2)cc1)C(=O)Cl. The zero-order valence-corrected chi connectivity index (χ0v) is 10.7. The van der Waals surface area contributed by atoms with Crippen molar-refractivity contribution < 1.29 is 4.79 Å². The maximum atomic E-state index is 10.9. The van der Waals surface area contributed by atoms with E-state index in [1.807, 2.05) is 42.5 Å². The lowest BCUT2D eigenvalue weighted by Gasteiger charge is -2.04. The highest BCUT2D eigenvalue weighted by Crippen LogP contribution is 2.20. The lowest BCUT2D eigenvalue weighted by molar-refractivity contribution is -0.108. The molecule has 0 unspecified atom stereocenters. The molecule has 0 spiro atoms. The second-order valence-corrected chi connectivity index (χ2v) is 4.46. The van der Waals surface area contributed by atoms with Crippen LogP contribution in [-0.4, -0.2) is 5.24 Å². The Bertz CT molecular complexity index is 555. The van der Waals surface area contributed by atoms with E-state index in [0.29, 0.717) is 12.0 Å². The highest BCUT2D eigenvalue weighted by Gasteiger charge is 2.04. The van der Waals surface area contributed by atoms with E-state index in [1.54, 1.807) is 0 Å². The van der Waals surface area contributed by atoms with Crippen molar-refractivity contribution >= 4 is 16.8 Å². The monoisotopic (exact) mass is 256 g/mol. The molecule has 0 aliphatic rings. The summed E-state index contributed by atoms with van der Waals surface area (Å²) in [5.74, 6) is 0. The zero-order chi connectivity index (χ0) is 13.0. The molecule has 0 saturated carbocycles. The van der Waals surface area contributed by atoms with Gasteiger partial charge in [0.1, 0.15) is 0 Å². The van der Waals surface area contributed by atoms with Gasteiger partial charge in [0.2, 0.25) is 5.24 Å². The van der Waals surface area contributed by atoms with Crippen LogP contribution in [0.15, 0.2) is 66.7 Å². The maximum absolute atomic E-state index is 10.9. The minimum Gasteiger partial charge on any atom is -0.276 e. The lowest BCUT2D eigenvalue weighted by atomic mass is 10.0. The topological polar surface area (TPSA) is 17.1 Å². The first-order valence-corrected chi connectivity index (χ1v) is 6.06. The Morgan fingerprint density at radius 1 is 0.944 bits per heavy atom. The van der Waals surface area contributed by atoms with E-state index in [1.165, 1.54) is 5.56 Å². The summed E-state index contributed by atoms with van der Waals surface area (Å²) < 4.78 is 0. The molecule has 0 aliphatic heterocycles. The summed E-state index contributed by atoms with van der Waals surface area (Å²) in [4.78, 5) is 10.9. The molecule has 0 fully saturated rings. The first-order chi connectivity index (χ1) is 8.66. The Labute approximate surface area is 112 Å². The molecule has 0 heterocycles. The van der Waals surface area contributed by atoms with Gasteiger partial charge in [0.25, 0.3) is 0 Å². The van der Waals surface area contributed by atoms with E-state index in [-0.39, 0.29) is 0 Å². The fourth-order valence-electron chi connectivity index (χ4n) is 1.76. The standard InChI is InChI=1S/C16H13ClO/c1-12(16(17)18)11-13-7-9-15(10-8-13)14-5-3-2-4-6-14/h2-10H,1,11H2. The van der Waals surface area contributed by atoms with Crippen molar-refractivity contribution in [2.45, 2.75) is 6.42 Å². The van der Waals surface area contributed by atoms with Gasteiger partial charge in [0.05, 0.1) is 0 Å². The molecule has 1 nitrogen and oxygen atoms in total. The summed E-state index contributed by atoms with van der Waals surface area (Å²) in [7, 11) is 0. The van der Waals surface area contributed by atoms with Crippen molar-refractivity contribution in [3.05, 3.63) is 72.3 Å². The van der Waals surface area contributed by atoms with Crippen molar-refractivity contribution in [3.8, 4) is 11.1 Å². The molecule has 0 N–H and O–H groups in total. The van der Waals surface area contributed by atoms with Crippen LogP contribution in [0.5, 0.6) is 0 Å². The van der Waals surface area contributed by atoms with Gasteiger partial charge in [0, 0.05) is 12.0 Å². The minimum absolute atomic E-state index is 0.420. The van der Waals surface area contributed by atoms with Crippen molar-refractivity contribution in [1.82, 2.24) is 0 Å². The average Bonchev–Trinajstić information content (AvgIpc) is 2.40. The Kier molecular flexibility index (Phi) is 3.96. The normalized spacial score (nSPS) is 10.1. The molecule has 0 aromatic heterocycles. The predicted molar refractivity (Wildman–Crippen MR) is 75.6 cm³/mol. The second-order valence-electron chi connectivity index (χ2n) is 4.12. The van der Waals surface area contributed by atoms with E-state index < -0.39 is 5.24 Å². The van der Waals surface area contributed by atoms with Crippen LogP contribution < -0.4 is 0 Å². The van der Waals surface area contributed by atoms with E-state index in [2.05, 4.69) is 18.7 Å². The van der Waals surface area contributed by atoms with Crippen molar-refractivity contribution in [2.75, 3.05) is 0 Å². The third kappa shape index (κ3) is 3.08. The number of hydrogen-bond acceptors (Lipinski definition) is 1. The Morgan fingerprint density at radius 3 is 2.06 bits per heavy atom. The van der Waals surface area contributed by atoms with Crippen LogP contribution in [0.1, 0.15) is 5.56 Å². The molecule has 0 radical (unpaired) electrons. The smallest absolute Gasteiger partial charge is 0.248 e. The van der Waals surface area contributed by atoms with Gasteiger partial charge in [-0.3, -0.25) is 4.79 Å². The molecule has 2 aromatic carbocycles. The Balaban J connectivity index is 2.16. The number of halogens is 1. The minimum atomic E-state index is -0.470. The third-order valence-electron chi connectivity index (χ3n) is 2.76. The van der Waals surface area contributed by atoms with Gasteiger partial charge in [-0.2, -0.15) is 0 Å². The van der Waals surface area contributed by atoms with Crippen molar-refractivity contribution in [2.24, 2.45) is 0 Å². The number of carbonyl (C=O) groups is 1. The van der Waals surface area contributed by atoms with Crippen molar-refractivity contribution in [3.63, 3.8) is 0 Å². The molecule has 0 atom stereocenters. The van der Waals surface area contributed by atoms with Gasteiger partial charge in [-0.1, -0.05) is 61.2 Å². The van der Waals surface area contributed by atoms with Crippen LogP contribution in [0.3, 0.4) is 0 Å². The summed E-state index contributed by atoms with van der Waals surface area (Å²) in [5.41, 5.74) is 3.79. The Morgan fingerprint density at radius 2 is 1.50 bits per heavy atom. The number of allylic oxidation sites excluding steroid dienone is 1. The molecular weight excluding hydrogens is 244 g/mol. The molecule has 2 heteroatoms. The molecule has 0 aliphatic carbocycles. The van der Waals surface area contributed by atoms with E-state index in [9.17, 15) is 4.79 Å². The van der Waals surface area contributed by atoms with E-state index >= 15 is 0 Å². The number of rotatable bonds is 4. The molecule has 2 rings (SSSR count).